The number of nitrogens with zero attached hydrogens (tertiary/aromatic N) is 2. The van der Waals surface area contributed by atoms with Crippen molar-refractivity contribution in [1.29, 1.82) is 0 Å². The van der Waals surface area contributed by atoms with Crippen LogP contribution in [0, 0.1) is 17.3 Å². The number of Topliss-reactive ketones (excluding diaryl/α,β-unsaturated/α-hetero) is 1. The number of allylic oxidation sites excluding steroid dienone is 2. The lowest BCUT2D eigenvalue weighted by Crippen LogP contribution is -2.46. The summed E-state index contributed by atoms with van der Waals surface area (Å²) in [5.74, 6) is -1.04. The van der Waals surface area contributed by atoms with Crippen molar-refractivity contribution in [3.05, 3.63) is 47.5 Å². The minimum absolute atomic E-state index is 0.0132. The predicted octanol–water partition coefficient (Wildman–Crippen LogP) is 3.10. The van der Waals surface area contributed by atoms with Gasteiger partial charge in [-0.2, -0.15) is 0 Å². The molecule has 2 atom stereocenters. The van der Waals surface area contributed by atoms with Crippen molar-refractivity contribution < 1.29 is 23.9 Å². The van der Waals surface area contributed by atoms with Gasteiger partial charge in [0.15, 0.2) is 5.78 Å². The Bertz CT molecular complexity index is 959. The lowest BCUT2D eigenvalue weighted by atomic mass is 9.77. The largest absolute Gasteiger partial charge is 0.469 e. The summed E-state index contributed by atoms with van der Waals surface area (Å²) < 4.78 is 4.93. The topological polar surface area (TPSA) is 84.0 Å². The third-order valence-corrected chi connectivity index (χ3v) is 7.65. The maximum atomic E-state index is 13.3. The van der Waals surface area contributed by atoms with Crippen LogP contribution in [0.1, 0.15) is 59.7 Å². The number of piperidine rings is 1. The number of rotatable bonds is 4. The summed E-state index contributed by atoms with van der Waals surface area (Å²) in [6.07, 6.45) is 7.72. The molecular formula is C26H32N2O5. The molecule has 1 aliphatic carbocycles. The summed E-state index contributed by atoms with van der Waals surface area (Å²) in [7, 11) is 1.37. The van der Waals surface area contributed by atoms with Crippen molar-refractivity contribution in [1.82, 2.24) is 9.80 Å². The van der Waals surface area contributed by atoms with Gasteiger partial charge in [0.25, 0.3) is 5.91 Å². The van der Waals surface area contributed by atoms with Crippen LogP contribution in [0.15, 0.2) is 36.4 Å². The fourth-order valence-corrected chi connectivity index (χ4v) is 5.48. The molecule has 4 rings (SSSR count). The average molecular weight is 453 g/mol. The first kappa shape index (κ1) is 23.2. The normalized spacial score (nSPS) is 24.1. The van der Waals surface area contributed by atoms with Crippen LogP contribution in [0.25, 0.3) is 0 Å². The van der Waals surface area contributed by atoms with Gasteiger partial charge in [0, 0.05) is 37.3 Å². The zero-order valence-electron chi connectivity index (χ0n) is 19.4. The number of methoxy groups -OCH3 is 1. The van der Waals surface area contributed by atoms with E-state index in [1.54, 1.807) is 24.3 Å². The van der Waals surface area contributed by atoms with Crippen molar-refractivity contribution in [3.63, 3.8) is 0 Å². The van der Waals surface area contributed by atoms with Gasteiger partial charge in [0.05, 0.1) is 18.9 Å². The number of amides is 2. The van der Waals surface area contributed by atoms with E-state index in [9.17, 15) is 19.2 Å². The number of ether oxygens (including phenoxy) is 1. The highest BCUT2D eigenvalue weighted by Crippen LogP contribution is 2.42. The smallest absolute Gasteiger partial charge is 0.309 e. The van der Waals surface area contributed by atoms with Gasteiger partial charge in [-0.15, -0.1) is 0 Å². The summed E-state index contributed by atoms with van der Waals surface area (Å²) in [6, 6.07) is 6.83. The first-order valence-corrected chi connectivity index (χ1v) is 11.8. The zero-order chi connectivity index (χ0) is 23.6. The van der Waals surface area contributed by atoms with Gasteiger partial charge in [-0.1, -0.05) is 24.3 Å². The van der Waals surface area contributed by atoms with Crippen molar-refractivity contribution in [3.8, 4) is 0 Å². The SMILES string of the molecule is COC(=O)C1CC=CCC1C(=O)N1CCC2(CCN(C(=O)c3ccc(C(C)=O)cc3)CC2)C1. The van der Waals surface area contributed by atoms with Crippen molar-refractivity contribution in [2.75, 3.05) is 33.3 Å². The summed E-state index contributed by atoms with van der Waals surface area (Å²) in [4.78, 5) is 53.6. The molecule has 7 nitrogen and oxygen atoms in total. The molecule has 176 valence electrons. The van der Waals surface area contributed by atoms with Gasteiger partial charge >= 0.3 is 5.97 Å². The second kappa shape index (κ2) is 9.49. The molecule has 2 aliphatic heterocycles. The number of hydrogen-bond donors (Lipinski definition) is 0. The molecule has 1 aromatic rings. The maximum Gasteiger partial charge on any atom is 0.309 e. The molecule has 1 aromatic carbocycles. The highest BCUT2D eigenvalue weighted by Gasteiger charge is 2.45. The molecule has 0 aromatic heterocycles. The summed E-state index contributed by atoms with van der Waals surface area (Å²) >= 11 is 0. The Morgan fingerprint density at radius 3 is 1.97 bits per heavy atom. The van der Waals surface area contributed by atoms with E-state index in [1.807, 2.05) is 22.0 Å². The van der Waals surface area contributed by atoms with Crippen molar-refractivity contribution in [2.45, 2.75) is 39.0 Å². The number of esters is 1. The highest BCUT2D eigenvalue weighted by molar-refractivity contribution is 5.97. The number of benzene rings is 1. The van der Waals surface area contributed by atoms with Gasteiger partial charge in [-0.3, -0.25) is 19.2 Å². The zero-order valence-corrected chi connectivity index (χ0v) is 19.4. The van der Waals surface area contributed by atoms with Crippen molar-refractivity contribution >= 4 is 23.6 Å². The molecule has 0 saturated carbocycles. The second-order valence-electron chi connectivity index (χ2n) is 9.61. The van der Waals surface area contributed by atoms with Crippen LogP contribution in [0.2, 0.25) is 0 Å². The van der Waals surface area contributed by atoms with Gasteiger partial charge in [0.1, 0.15) is 0 Å². The molecular weight excluding hydrogens is 420 g/mol. The first-order valence-electron chi connectivity index (χ1n) is 11.8. The monoisotopic (exact) mass is 452 g/mol. The fourth-order valence-electron chi connectivity index (χ4n) is 5.48. The van der Waals surface area contributed by atoms with Crippen LogP contribution >= 0.6 is 0 Å². The second-order valence-corrected chi connectivity index (χ2v) is 9.61. The van der Waals surface area contributed by atoms with E-state index in [0.29, 0.717) is 50.1 Å². The van der Waals surface area contributed by atoms with Gasteiger partial charge in [-0.05, 0) is 56.6 Å². The Hall–Kier alpha value is -2.96. The van der Waals surface area contributed by atoms with E-state index < -0.39 is 5.92 Å². The minimum Gasteiger partial charge on any atom is -0.469 e. The van der Waals surface area contributed by atoms with E-state index in [1.165, 1.54) is 14.0 Å². The molecule has 2 fully saturated rings. The molecule has 0 radical (unpaired) electrons. The molecule has 33 heavy (non-hydrogen) atoms. The van der Waals surface area contributed by atoms with Crippen LogP contribution in [0.3, 0.4) is 0 Å². The van der Waals surface area contributed by atoms with Crippen molar-refractivity contribution in [2.24, 2.45) is 17.3 Å². The molecule has 2 saturated heterocycles. The van der Waals surface area contributed by atoms with Crippen LogP contribution in [-0.4, -0.2) is 66.7 Å². The fraction of sp³-hybridized carbons (Fsp3) is 0.538. The van der Waals surface area contributed by atoms with Crippen LogP contribution < -0.4 is 0 Å². The number of carbonyl (C=O) groups is 4. The van der Waals surface area contributed by atoms with E-state index in [2.05, 4.69) is 0 Å². The number of carbonyl (C=O) groups excluding carboxylic acids is 4. The standard InChI is InChI=1S/C26H32N2O5/c1-18(29)19-7-9-20(10-8-19)23(30)27-14-11-26(12-15-27)13-16-28(17-26)24(31)21-5-3-4-6-22(21)25(32)33-2/h3-4,7-10,21-22H,5-6,11-17H2,1-2H3. The molecule has 2 heterocycles. The molecule has 0 bridgehead atoms. The molecule has 2 unspecified atom stereocenters. The lowest BCUT2D eigenvalue weighted by Gasteiger charge is -2.39. The Kier molecular flexibility index (Phi) is 6.68. The van der Waals surface area contributed by atoms with E-state index in [4.69, 9.17) is 4.74 Å². The van der Waals surface area contributed by atoms with Gasteiger partial charge in [-0.25, -0.2) is 0 Å². The molecule has 2 amide bonds. The lowest BCUT2D eigenvalue weighted by molar-refractivity contribution is -0.153. The Morgan fingerprint density at radius 2 is 1.39 bits per heavy atom. The summed E-state index contributed by atoms with van der Waals surface area (Å²) in [5, 5.41) is 0. The number of hydrogen-bond acceptors (Lipinski definition) is 5. The average Bonchev–Trinajstić information content (AvgIpc) is 3.26. The third kappa shape index (κ3) is 4.72. The summed E-state index contributed by atoms with van der Waals surface area (Å²) in [6.45, 7) is 4.22. The van der Waals surface area contributed by atoms with Gasteiger partial charge in [0.2, 0.25) is 5.91 Å². The van der Waals surface area contributed by atoms with Crippen LogP contribution in [0.5, 0.6) is 0 Å². The number of likely N-dealkylation sites (tertiary alicyclic amines) is 2. The van der Waals surface area contributed by atoms with E-state index >= 15 is 0 Å². The molecule has 7 heteroatoms. The predicted molar refractivity (Wildman–Crippen MR) is 123 cm³/mol. The van der Waals surface area contributed by atoms with E-state index in [0.717, 1.165) is 19.3 Å². The molecule has 1 spiro atoms. The van der Waals surface area contributed by atoms with Crippen LogP contribution in [-0.2, 0) is 14.3 Å². The number of ketones is 1. The van der Waals surface area contributed by atoms with E-state index in [-0.39, 0.29) is 34.9 Å². The Balaban J connectivity index is 1.35. The minimum atomic E-state index is -0.405. The highest BCUT2D eigenvalue weighted by atomic mass is 16.5. The van der Waals surface area contributed by atoms with Crippen LogP contribution in [0.4, 0.5) is 0 Å². The first-order chi connectivity index (χ1) is 15.8. The van der Waals surface area contributed by atoms with Gasteiger partial charge < -0.3 is 14.5 Å². The Morgan fingerprint density at radius 1 is 0.848 bits per heavy atom. The molecule has 0 N–H and O–H groups in total. The maximum absolute atomic E-state index is 13.3. The molecule has 3 aliphatic rings. The summed E-state index contributed by atoms with van der Waals surface area (Å²) in [5.41, 5.74) is 1.23. The Labute approximate surface area is 194 Å². The quantitative estimate of drug-likeness (QED) is 0.398. The third-order valence-electron chi connectivity index (χ3n) is 7.65.